The highest BCUT2D eigenvalue weighted by molar-refractivity contribution is 6.47. The van der Waals surface area contributed by atoms with Crippen LogP contribution in [0, 0.1) is 0 Å². The van der Waals surface area contributed by atoms with Crippen molar-refractivity contribution in [3.05, 3.63) is 0 Å². The summed E-state index contributed by atoms with van der Waals surface area (Å²) in [5.41, 5.74) is 0. The molecule has 0 aliphatic carbocycles. The van der Waals surface area contributed by atoms with Gasteiger partial charge in [0.05, 0.1) is 0 Å². The SMILES string of the molecule is N.O[Si](O)(O)F.[SiH4]. The maximum absolute atomic E-state index is 10.5. The van der Waals surface area contributed by atoms with E-state index in [-0.39, 0.29) is 17.1 Å². The summed E-state index contributed by atoms with van der Waals surface area (Å²) >= 11 is 0. The Balaban J connectivity index is -0.0000000800. The molecule has 0 spiro atoms. The van der Waals surface area contributed by atoms with E-state index in [0.29, 0.717) is 0 Å². The normalized spacial score (nSPS) is 8.57. The Morgan fingerprint density at radius 3 is 1.14 bits per heavy atom. The number of rotatable bonds is 0. The van der Waals surface area contributed by atoms with Gasteiger partial charge in [-0.3, -0.25) is 0 Å². The highest BCUT2D eigenvalue weighted by Crippen LogP contribution is 1.79. The topological polar surface area (TPSA) is 95.7 Å². The first-order valence-corrected chi connectivity index (χ1v) is 2.58. The molecule has 0 aromatic heterocycles. The molecule has 7 heavy (non-hydrogen) atoms. The summed E-state index contributed by atoms with van der Waals surface area (Å²) in [5, 5.41) is 0. The monoisotopic (exact) mass is 147 g/mol. The average molecular weight is 147 g/mol. The highest BCUT2D eigenvalue weighted by atomic mass is 28.4. The van der Waals surface area contributed by atoms with Gasteiger partial charge in [0, 0.05) is 0 Å². The van der Waals surface area contributed by atoms with E-state index in [0.717, 1.165) is 0 Å². The van der Waals surface area contributed by atoms with E-state index in [4.69, 9.17) is 14.4 Å². The van der Waals surface area contributed by atoms with E-state index in [1.807, 2.05) is 0 Å². The van der Waals surface area contributed by atoms with Crippen molar-refractivity contribution in [1.29, 1.82) is 0 Å². The van der Waals surface area contributed by atoms with Crippen molar-refractivity contribution in [2.75, 3.05) is 0 Å². The van der Waals surface area contributed by atoms with Crippen LogP contribution in [-0.4, -0.2) is 34.5 Å². The van der Waals surface area contributed by atoms with Crippen LogP contribution in [0.2, 0.25) is 0 Å². The smallest absolute Gasteiger partial charge is 0.365 e. The summed E-state index contributed by atoms with van der Waals surface area (Å²) in [6.07, 6.45) is 0. The predicted octanol–water partition coefficient (Wildman–Crippen LogP) is -2.92. The van der Waals surface area contributed by atoms with Crippen LogP contribution in [0.4, 0.5) is 4.11 Å². The van der Waals surface area contributed by atoms with Crippen molar-refractivity contribution in [1.82, 2.24) is 6.15 Å². The first-order chi connectivity index (χ1) is 2.00. The van der Waals surface area contributed by atoms with E-state index in [9.17, 15) is 4.11 Å². The first kappa shape index (κ1) is 15.7. The van der Waals surface area contributed by atoms with Gasteiger partial charge in [-0.2, -0.15) is 0 Å². The van der Waals surface area contributed by atoms with Crippen molar-refractivity contribution >= 4 is 20.1 Å². The molecule has 0 atom stereocenters. The minimum Gasteiger partial charge on any atom is -0.365 e. The number of halogens is 1. The Bertz CT molecular complexity index is 28.4. The van der Waals surface area contributed by atoms with Crippen LogP contribution in [0.3, 0.4) is 0 Å². The average Bonchev–Trinajstić information content (AvgIpc) is 0.722. The third-order valence-corrected chi connectivity index (χ3v) is 0. The van der Waals surface area contributed by atoms with Crippen LogP contribution in [-0.2, 0) is 0 Å². The minimum absolute atomic E-state index is 0. The lowest BCUT2D eigenvalue weighted by molar-refractivity contribution is 0.165. The molecule has 0 aliphatic rings. The van der Waals surface area contributed by atoms with Gasteiger partial charge < -0.3 is 20.5 Å². The fraction of sp³-hybridized carbons (Fsp3) is 0. The maximum Gasteiger partial charge on any atom is 0.711 e. The lowest BCUT2D eigenvalue weighted by Crippen LogP contribution is -2.27. The molecule has 0 radical (unpaired) electrons. The fourth-order valence-corrected chi connectivity index (χ4v) is 0. The number of hydrogen-bond donors (Lipinski definition) is 4. The van der Waals surface area contributed by atoms with Crippen LogP contribution >= 0.6 is 0 Å². The van der Waals surface area contributed by atoms with Crippen LogP contribution < -0.4 is 6.15 Å². The van der Waals surface area contributed by atoms with Crippen molar-refractivity contribution in [2.24, 2.45) is 0 Å². The third kappa shape index (κ3) is 2640. The van der Waals surface area contributed by atoms with Gasteiger partial charge >= 0.3 is 9.14 Å². The second kappa shape index (κ2) is 4.36. The molecular weight excluding hydrogens is 137 g/mol. The molecule has 0 aromatic carbocycles. The van der Waals surface area contributed by atoms with Crippen LogP contribution in [0.1, 0.15) is 0 Å². The molecule has 0 heterocycles. The predicted molar refractivity (Wildman–Crippen MR) is 29.9 cm³/mol. The van der Waals surface area contributed by atoms with E-state index >= 15 is 0 Å². The third-order valence-electron chi connectivity index (χ3n) is 0. The van der Waals surface area contributed by atoms with Gasteiger partial charge in [-0.25, -0.2) is 4.11 Å². The number of hydrogen-bond acceptors (Lipinski definition) is 4. The van der Waals surface area contributed by atoms with Gasteiger partial charge in [0.2, 0.25) is 0 Å². The molecule has 0 aromatic rings. The van der Waals surface area contributed by atoms with Gasteiger partial charge in [0.15, 0.2) is 0 Å². The van der Waals surface area contributed by atoms with Crippen molar-refractivity contribution in [3.8, 4) is 0 Å². The Morgan fingerprint density at radius 2 is 1.14 bits per heavy atom. The Hall–Kier alpha value is 0.204. The molecule has 48 valence electrons. The van der Waals surface area contributed by atoms with Gasteiger partial charge in [-0.15, -0.1) is 0 Å². The second-order valence-electron chi connectivity index (χ2n) is 0.554. The zero-order chi connectivity index (χ0) is 4.50. The molecule has 6 N–H and O–H groups in total. The molecule has 0 unspecified atom stereocenters. The first-order valence-electron chi connectivity index (χ1n) is 0.860. The zero-order valence-electron chi connectivity index (χ0n) is 2.93. The lowest BCUT2D eigenvalue weighted by atomic mass is 14.0. The lowest BCUT2D eigenvalue weighted by Gasteiger charge is -1.87. The van der Waals surface area contributed by atoms with Gasteiger partial charge in [-0.1, -0.05) is 0 Å². The van der Waals surface area contributed by atoms with E-state index in [2.05, 4.69) is 0 Å². The van der Waals surface area contributed by atoms with Gasteiger partial charge in [-0.05, 0) is 11.0 Å². The molecule has 0 aliphatic heterocycles. The molecular formula is H10FNO3Si2. The van der Waals surface area contributed by atoms with Gasteiger partial charge in [0.1, 0.15) is 0 Å². The summed E-state index contributed by atoms with van der Waals surface area (Å²) < 4.78 is 10.5. The Morgan fingerprint density at radius 1 is 1.14 bits per heavy atom. The Kier molecular flexibility index (Phi) is 9.78. The van der Waals surface area contributed by atoms with Crippen LogP contribution in [0.25, 0.3) is 0 Å². The molecule has 0 saturated carbocycles. The van der Waals surface area contributed by atoms with Crippen molar-refractivity contribution in [2.45, 2.75) is 0 Å². The zero-order valence-corrected chi connectivity index (χ0v) is 3.93. The summed E-state index contributed by atoms with van der Waals surface area (Å²) in [4.78, 5) is 21.3. The molecule has 0 bridgehead atoms. The highest BCUT2D eigenvalue weighted by Gasteiger charge is 2.26. The van der Waals surface area contributed by atoms with Crippen molar-refractivity contribution in [3.63, 3.8) is 0 Å². The summed E-state index contributed by atoms with van der Waals surface area (Å²) in [6.45, 7) is 0. The molecule has 7 heteroatoms. The molecule has 0 fully saturated rings. The second-order valence-corrected chi connectivity index (χ2v) is 1.66. The van der Waals surface area contributed by atoms with E-state index in [1.165, 1.54) is 0 Å². The summed E-state index contributed by atoms with van der Waals surface area (Å²) in [6, 6.07) is 0. The van der Waals surface area contributed by atoms with Crippen LogP contribution in [0.5, 0.6) is 0 Å². The van der Waals surface area contributed by atoms with Gasteiger partial charge in [0.25, 0.3) is 0 Å². The maximum atomic E-state index is 10.5. The molecule has 0 amide bonds. The standard InChI is InChI=1S/FH3O3Si.H3N.H4Si/c1-5(2,3)4;;/h2-4H;1H3;1H4. The minimum atomic E-state index is -5.11. The fourth-order valence-electron chi connectivity index (χ4n) is 0. The summed E-state index contributed by atoms with van der Waals surface area (Å²) in [5.74, 6) is 0. The molecule has 0 saturated heterocycles. The van der Waals surface area contributed by atoms with E-state index in [1.54, 1.807) is 0 Å². The molecule has 0 rings (SSSR count). The molecule has 4 nitrogen and oxygen atoms in total. The van der Waals surface area contributed by atoms with Crippen molar-refractivity contribution < 1.29 is 18.5 Å². The largest absolute Gasteiger partial charge is 0.711 e. The quantitative estimate of drug-likeness (QED) is 0.218. The summed E-state index contributed by atoms with van der Waals surface area (Å²) in [7, 11) is -5.11. The Labute approximate surface area is 45.8 Å². The van der Waals surface area contributed by atoms with E-state index < -0.39 is 9.14 Å². The van der Waals surface area contributed by atoms with Crippen LogP contribution in [0.15, 0.2) is 0 Å².